The van der Waals surface area contributed by atoms with Gasteiger partial charge in [0, 0.05) is 30.9 Å². The fraction of sp³-hybridized carbons (Fsp3) is 0.375. The molecule has 1 saturated heterocycles. The summed E-state index contributed by atoms with van der Waals surface area (Å²) in [6.45, 7) is 1.49. The second kappa shape index (κ2) is 6.83. The predicted octanol–water partition coefficient (Wildman–Crippen LogP) is 2.85. The van der Waals surface area contributed by atoms with E-state index in [2.05, 4.69) is 10.2 Å². The van der Waals surface area contributed by atoms with Gasteiger partial charge in [0.1, 0.15) is 5.75 Å². The maximum Gasteiger partial charge on any atom is 0.260 e. The summed E-state index contributed by atoms with van der Waals surface area (Å²) in [6, 6.07) is 9.14. The summed E-state index contributed by atoms with van der Waals surface area (Å²) in [7, 11) is 0. The van der Waals surface area contributed by atoms with Crippen molar-refractivity contribution in [2.45, 2.75) is 18.8 Å². The lowest BCUT2D eigenvalue weighted by molar-refractivity contribution is -0.134. The zero-order valence-corrected chi connectivity index (χ0v) is 12.9. The highest BCUT2D eigenvalue weighted by atomic mass is 35.5. The van der Waals surface area contributed by atoms with Crippen molar-refractivity contribution in [3.8, 4) is 5.75 Å². The third-order valence-corrected chi connectivity index (χ3v) is 4.24. The average molecular weight is 320 g/mol. The second-order valence-electron chi connectivity index (χ2n) is 5.41. The molecule has 0 unspecified atom stereocenters. The molecule has 1 fully saturated rings. The van der Waals surface area contributed by atoms with Crippen LogP contribution >= 0.6 is 11.6 Å². The number of aromatic amines is 1. The molecule has 0 bridgehead atoms. The van der Waals surface area contributed by atoms with E-state index in [0.29, 0.717) is 23.2 Å². The quantitative estimate of drug-likeness (QED) is 0.942. The Bertz CT molecular complexity index is 630. The molecular formula is C16H18ClN3O2. The smallest absolute Gasteiger partial charge is 0.260 e. The van der Waals surface area contributed by atoms with E-state index >= 15 is 0 Å². The number of carbonyl (C=O) groups is 1. The van der Waals surface area contributed by atoms with Crippen molar-refractivity contribution >= 4 is 17.5 Å². The van der Waals surface area contributed by atoms with Gasteiger partial charge < -0.3 is 9.64 Å². The molecule has 0 aliphatic carbocycles. The van der Waals surface area contributed by atoms with Crippen LogP contribution in [0.3, 0.4) is 0 Å². The first kappa shape index (κ1) is 14.9. The zero-order valence-electron chi connectivity index (χ0n) is 12.2. The molecule has 1 aromatic heterocycles. The number of hydrogen-bond acceptors (Lipinski definition) is 3. The van der Waals surface area contributed by atoms with E-state index < -0.39 is 0 Å². The lowest BCUT2D eigenvalue weighted by atomic mass is 9.95. The maximum atomic E-state index is 12.3. The maximum absolute atomic E-state index is 12.3. The Morgan fingerprint density at radius 2 is 2.27 bits per heavy atom. The zero-order chi connectivity index (χ0) is 15.4. The lowest BCUT2D eigenvalue weighted by Crippen LogP contribution is -2.41. The van der Waals surface area contributed by atoms with Gasteiger partial charge in [-0.15, -0.1) is 0 Å². The van der Waals surface area contributed by atoms with Gasteiger partial charge in [0.05, 0.1) is 5.02 Å². The van der Waals surface area contributed by atoms with Crippen LogP contribution < -0.4 is 4.74 Å². The number of nitrogens with one attached hydrogen (secondary N) is 1. The molecule has 22 heavy (non-hydrogen) atoms. The van der Waals surface area contributed by atoms with Crippen LogP contribution in [0.4, 0.5) is 0 Å². The van der Waals surface area contributed by atoms with Crippen LogP contribution in [0.15, 0.2) is 36.5 Å². The topological polar surface area (TPSA) is 58.2 Å². The second-order valence-corrected chi connectivity index (χ2v) is 5.82. The van der Waals surface area contributed by atoms with Crippen LogP contribution in [-0.4, -0.2) is 40.7 Å². The number of rotatable bonds is 4. The Hall–Kier alpha value is -2.01. The van der Waals surface area contributed by atoms with Crippen LogP contribution in [0.2, 0.25) is 5.02 Å². The van der Waals surface area contributed by atoms with Crippen LogP contribution in [-0.2, 0) is 4.79 Å². The number of aromatic nitrogens is 2. The number of nitrogens with zero attached hydrogens (tertiary/aromatic N) is 2. The first-order valence-electron chi connectivity index (χ1n) is 7.38. The van der Waals surface area contributed by atoms with Crippen molar-refractivity contribution in [3.63, 3.8) is 0 Å². The first-order valence-corrected chi connectivity index (χ1v) is 7.76. The summed E-state index contributed by atoms with van der Waals surface area (Å²) in [4.78, 5) is 14.2. The number of piperidine rings is 1. The minimum absolute atomic E-state index is 0.0101. The third-order valence-electron chi connectivity index (χ3n) is 3.92. The van der Waals surface area contributed by atoms with E-state index in [1.807, 2.05) is 23.1 Å². The summed E-state index contributed by atoms with van der Waals surface area (Å²) >= 11 is 6.02. The van der Waals surface area contributed by atoms with Crippen LogP contribution in [0.25, 0.3) is 0 Å². The summed E-state index contributed by atoms with van der Waals surface area (Å²) in [5, 5.41) is 7.50. The van der Waals surface area contributed by atoms with Crippen molar-refractivity contribution < 1.29 is 9.53 Å². The number of para-hydroxylation sites is 1. The Labute approximate surface area is 134 Å². The van der Waals surface area contributed by atoms with Gasteiger partial charge in [-0.25, -0.2) is 0 Å². The van der Waals surface area contributed by atoms with Gasteiger partial charge in [-0.3, -0.25) is 9.89 Å². The number of amides is 1. The molecule has 116 valence electrons. The molecule has 3 rings (SSSR count). The van der Waals surface area contributed by atoms with Crippen molar-refractivity contribution in [1.29, 1.82) is 0 Å². The lowest BCUT2D eigenvalue weighted by Gasteiger charge is -2.32. The number of benzene rings is 1. The summed E-state index contributed by atoms with van der Waals surface area (Å²) in [5.74, 6) is 0.851. The van der Waals surface area contributed by atoms with Crippen molar-refractivity contribution in [3.05, 3.63) is 47.2 Å². The van der Waals surface area contributed by atoms with E-state index in [4.69, 9.17) is 16.3 Å². The van der Waals surface area contributed by atoms with Gasteiger partial charge in [-0.1, -0.05) is 23.7 Å². The Balaban J connectivity index is 1.57. The van der Waals surface area contributed by atoms with Gasteiger partial charge in [-0.2, -0.15) is 5.10 Å². The summed E-state index contributed by atoms with van der Waals surface area (Å²) < 4.78 is 5.53. The normalized spacial score (nSPS) is 18.2. The van der Waals surface area contributed by atoms with Crippen LogP contribution in [0, 0.1) is 0 Å². The summed E-state index contributed by atoms with van der Waals surface area (Å²) in [6.07, 6.45) is 3.80. The number of hydrogen-bond donors (Lipinski definition) is 1. The van der Waals surface area contributed by atoms with E-state index in [1.54, 1.807) is 18.3 Å². The highest BCUT2D eigenvalue weighted by molar-refractivity contribution is 6.32. The largest absolute Gasteiger partial charge is 0.482 e. The highest BCUT2D eigenvalue weighted by Gasteiger charge is 2.25. The van der Waals surface area contributed by atoms with E-state index in [0.717, 1.165) is 25.1 Å². The molecular weight excluding hydrogens is 302 g/mol. The van der Waals surface area contributed by atoms with E-state index in [-0.39, 0.29) is 12.5 Å². The average Bonchev–Trinajstić information content (AvgIpc) is 3.08. The molecule has 5 nitrogen and oxygen atoms in total. The standard InChI is InChI=1S/C16H18ClN3O2/c17-13-5-1-2-6-15(13)22-11-16(21)20-9-3-4-12(10-20)14-7-8-18-19-14/h1-2,5-8,12H,3-4,9-11H2,(H,18,19)/t12-/m1/s1. The first-order chi connectivity index (χ1) is 10.7. The molecule has 1 amide bonds. The minimum Gasteiger partial charge on any atom is -0.482 e. The molecule has 1 aliphatic heterocycles. The highest BCUT2D eigenvalue weighted by Crippen LogP contribution is 2.26. The van der Waals surface area contributed by atoms with E-state index in [9.17, 15) is 4.79 Å². The van der Waals surface area contributed by atoms with E-state index in [1.165, 1.54) is 0 Å². The van der Waals surface area contributed by atoms with Gasteiger partial charge in [0.15, 0.2) is 6.61 Å². The molecule has 1 atom stereocenters. The number of halogens is 1. The monoisotopic (exact) mass is 319 g/mol. The van der Waals surface area contributed by atoms with Gasteiger partial charge in [0.25, 0.3) is 5.91 Å². The Morgan fingerprint density at radius 3 is 3.05 bits per heavy atom. The fourth-order valence-electron chi connectivity index (χ4n) is 2.74. The third kappa shape index (κ3) is 3.42. The number of carbonyl (C=O) groups excluding carboxylic acids is 1. The van der Waals surface area contributed by atoms with Crippen molar-refractivity contribution in [1.82, 2.24) is 15.1 Å². The Morgan fingerprint density at radius 1 is 1.41 bits per heavy atom. The summed E-state index contributed by atoms with van der Waals surface area (Å²) in [5.41, 5.74) is 1.09. The number of likely N-dealkylation sites (tertiary alicyclic amines) is 1. The molecule has 6 heteroatoms. The molecule has 2 aromatic rings. The van der Waals surface area contributed by atoms with Gasteiger partial charge in [0.2, 0.25) is 0 Å². The minimum atomic E-state index is -0.0101. The Kier molecular flexibility index (Phi) is 4.63. The number of H-pyrrole nitrogens is 1. The number of ether oxygens (including phenoxy) is 1. The van der Waals surface area contributed by atoms with Gasteiger partial charge in [-0.05, 0) is 31.0 Å². The van der Waals surface area contributed by atoms with Crippen LogP contribution in [0.1, 0.15) is 24.5 Å². The SMILES string of the molecule is O=C(COc1ccccc1Cl)N1CCC[C@@H](c2ccn[nH]2)C1. The molecule has 1 N–H and O–H groups in total. The molecule has 0 saturated carbocycles. The fourth-order valence-corrected chi connectivity index (χ4v) is 2.93. The van der Waals surface area contributed by atoms with Crippen molar-refractivity contribution in [2.75, 3.05) is 19.7 Å². The predicted molar refractivity (Wildman–Crippen MR) is 84.1 cm³/mol. The van der Waals surface area contributed by atoms with Gasteiger partial charge >= 0.3 is 0 Å². The molecule has 0 spiro atoms. The molecule has 1 aromatic carbocycles. The molecule has 2 heterocycles. The van der Waals surface area contributed by atoms with Crippen LogP contribution in [0.5, 0.6) is 5.75 Å². The molecule has 0 radical (unpaired) electrons. The van der Waals surface area contributed by atoms with Crippen molar-refractivity contribution in [2.24, 2.45) is 0 Å². The molecule has 1 aliphatic rings.